The van der Waals surface area contributed by atoms with E-state index in [4.69, 9.17) is 9.15 Å². The van der Waals surface area contributed by atoms with Crippen LogP contribution < -0.4 is 10.1 Å². The van der Waals surface area contributed by atoms with Gasteiger partial charge in [-0.15, -0.1) is 0 Å². The molecule has 6 nitrogen and oxygen atoms in total. The molecule has 0 spiro atoms. The standard InChI is InChI=1S/C20H19NO5S/c1-15-9-11-17(12-10-15)27(23,24)19(18-8-5-13-25-18)14-21-20(22)26-16-6-3-2-4-7-16/h2-13,19H,14H2,1H3,(H,21,22)/t19-/m1/s1. The largest absolute Gasteiger partial charge is 0.468 e. The second kappa shape index (κ2) is 8.09. The van der Waals surface area contributed by atoms with Crippen molar-refractivity contribution in [2.24, 2.45) is 0 Å². The lowest BCUT2D eigenvalue weighted by molar-refractivity contribution is 0.200. The van der Waals surface area contributed by atoms with Gasteiger partial charge in [0.25, 0.3) is 0 Å². The number of aryl methyl sites for hydroxylation is 1. The molecule has 0 fully saturated rings. The zero-order valence-electron chi connectivity index (χ0n) is 14.7. The van der Waals surface area contributed by atoms with Crippen molar-refractivity contribution < 1.29 is 22.4 Å². The molecule has 3 aromatic rings. The Kier molecular flexibility index (Phi) is 5.61. The average molecular weight is 385 g/mol. The monoisotopic (exact) mass is 385 g/mol. The maximum atomic E-state index is 13.1. The lowest BCUT2D eigenvalue weighted by Crippen LogP contribution is -2.33. The van der Waals surface area contributed by atoms with Gasteiger partial charge in [0.15, 0.2) is 9.84 Å². The first-order valence-corrected chi connectivity index (χ1v) is 9.86. The highest BCUT2D eigenvalue weighted by Gasteiger charge is 2.32. The normalized spacial score (nSPS) is 12.3. The van der Waals surface area contributed by atoms with Gasteiger partial charge in [-0.05, 0) is 43.3 Å². The summed E-state index contributed by atoms with van der Waals surface area (Å²) in [5.41, 5.74) is 0.952. The highest BCUT2D eigenvalue weighted by atomic mass is 32.2. The van der Waals surface area contributed by atoms with E-state index >= 15 is 0 Å². The molecule has 7 heteroatoms. The van der Waals surface area contributed by atoms with E-state index in [1.165, 1.54) is 6.26 Å². The number of rotatable bonds is 6. The summed E-state index contributed by atoms with van der Waals surface area (Å²) in [6.07, 6.45) is 0.659. The van der Waals surface area contributed by atoms with Crippen LogP contribution in [0.1, 0.15) is 16.6 Å². The minimum Gasteiger partial charge on any atom is -0.468 e. The van der Waals surface area contributed by atoms with Crippen molar-refractivity contribution in [2.45, 2.75) is 17.1 Å². The third kappa shape index (κ3) is 4.57. The topological polar surface area (TPSA) is 85.6 Å². The third-order valence-electron chi connectivity index (χ3n) is 3.97. The van der Waals surface area contributed by atoms with Crippen LogP contribution in [0.15, 0.2) is 82.3 Å². The molecule has 0 saturated carbocycles. The van der Waals surface area contributed by atoms with Crippen molar-refractivity contribution >= 4 is 15.9 Å². The predicted octanol–water partition coefficient (Wildman–Crippen LogP) is 3.89. The van der Waals surface area contributed by atoms with E-state index in [1.807, 2.05) is 6.92 Å². The van der Waals surface area contributed by atoms with Crippen molar-refractivity contribution in [3.63, 3.8) is 0 Å². The zero-order valence-corrected chi connectivity index (χ0v) is 15.5. The molecule has 0 unspecified atom stereocenters. The molecule has 2 aromatic carbocycles. The van der Waals surface area contributed by atoms with Crippen LogP contribution in [0.2, 0.25) is 0 Å². The number of benzene rings is 2. The Morgan fingerprint density at radius 3 is 2.37 bits per heavy atom. The van der Waals surface area contributed by atoms with Crippen LogP contribution >= 0.6 is 0 Å². The number of ether oxygens (including phenoxy) is 1. The Balaban J connectivity index is 1.78. The van der Waals surface area contributed by atoms with Crippen LogP contribution in [-0.4, -0.2) is 21.1 Å². The smallest absolute Gasteiger partial charge is 0.412 e. The Morgan fingerprint density at radius 2 is 1.74 bits per heavy atom. The molecule has 140 valence electrons. The van der Waals surface area contributed by atoms with Gasteiger partial charge >= 0.3 is 6.09 Å². The molecule has 0 saturated heterocycles. The third-order valence-corrected chi connectivity index (χ3v) is 6.05. The number of carbonyl (C=O) groups excluding carboxylic acids is 1. The van der Waals surface area contributed by atoms with E-state index in [-0.39, 0.29) is 17.2 Å². The number of amides is 1. The maximum absolute atomic E-state index is 13.1. The SMILES string of the molecule is Cc1ccc(S(=O)(=O)[C@H](CNC(=O)Oc2ccccc2)c2ccco2)cc1. The Hall–Kier alpha value is -3.06. The molecule has 1 aromatic heterocycles. The first kappa shape index (κ1) is 18.7. The van der Waals surface area contributed by atoms with Gasteiger partial charge in [-0.2, -0.15) is 0 Å². The molecule has 3 rings (SSSR count). The quantitative estimate of drug-likeness (QED) is 0.696. The lowest BCUT2D eigenvalue weighted by Gasteiger charge is -2.16. The molecule has 1 heterocycles. The number of para-hydroxylation sites is 1. The summed E-state index contributed by atoms with van der Waals surface area (Å²) < 4.78 is 36.6. The molecule has 0 aliphatic rings. The maximum Gasteiger partial charge on any atom is 0.412 e. The summed E-state index contributed by atoms with van der Waals surface area (Å²) in [5.74, 6) is 0.613. The molecule has 0 bridgehead atoms. The highest BCUT2D eigenvalue weighted by molar-refractivity contribution is 7.91. The van der Waals surface area contributed by atoms with Gasteiger partial charge in [0.1, 0.15) is 16.8 Å². The van der Waals surface area contributed by atoms with Gasteiger partial charge in [0.05, 0.1) is 11.2 Å². The Bertz CT molecular complexity index is 981. The van der Waals surface area contributed by atoms with Gasteiger partial charge in [-0.1, -0.05) is 35.9 Å². The minimum atomic E-state index is -3.77. The van der Waals surface area contributed by atoms with E-state index in [2.05, 4.69) is 5.32 Å². The number of furan rings is 1. The van der Waals surface area contributed by atoms with E-state index in [9.17, 15) is 13.2 Å². The minimum absolute atomic E-state index is 0.160. The summed E-state index contributed by atoms with van der Waals surface area (Å²) in [6, 6.07) is 18.2. The van der Waals surface area contributed by atoms with Gasteiger partial charge in [0, 0.05) is 6.54 Å². The average Bonchev–Trinajstić information content (AvgIpc) is 3.17. The highest BCUT2D eigenvalue weighted by Crippen LogP contribution is 2.29. The molecular weight excluding hydrogens is 366 g/mol. The molecular formula is C20H19NO5S. The zero-order chi connectivity index (χ0) is 19.3. The fraction of sp³-hybridized carbons (Fsp3) is 0.150. The number of hydrogen-bond donors (Lipinski definition) is 1. The number of carbonyl (C=O) groups is 1. The molecule has 1 N–H and O–H groups in total. The van der Waals surface area contributed by atoms with Crippen LogP contribution in [0.5, 0.6) is 5.75 Å². The first-order chi connectivity index (χ1) is 13.0. The van der Waals surface area contributed by atoms with Gasteiger partial charge in [-0.3, -0.25) is 0 Å². The summed E-state index contributed by atoms with van der Waals surface area (Å²) in [6.45, 7) is 1.69. The second-order valence-electron chi connectivity index (χ2n) is 5.95. The van der Waals surface area contributed by atoms with Crippen molar-refractivity contribution in [3.8, 4) is 5.75 Å². The lowest BCUT2D eigenvalue weighted by atomic mass is 10.2. The van der Waals surface area contributed by atoms with E-state index in [0.29, 0.717) is 5.75 Å². The first-order valence-electron chi connectivity index (χ1n) is 8.31. The van der Waals surface area contributed by atoms with E-state index < -0.39 is 21.2 Å². The number of hydrogen-bond acceptors (Lipinski definition) is 5. The van der Waals surface area contributed by atoms with Gasteiger partial charge in [0.2, 0.25) is 0 Å². The van der Waals surface area contributed by atoms with Crippen LogP contribution in [-0.2, 0) is 9.84 Å². The summed E-state index contributed by atoms with van der Waals surface area (Å²) in [7, 11) is -3.77. The van der Waals surface area contributed by atoms with Crippen LogP contribution in [0.3, 0.4) is 0 Å². The number of nitrogens with one attached hydrogen (secondary N) is 1. The van der Waals surface area contributed by atoms with Gasteiger partial charge in [-0.25, -0.2) is 13.2 Å². The van der Waals surface area contributed by atoms with E-state index in [1.54, 1.807) is 66.7 Å². The molecule has 0 aliphatic heterocycles. The van der Waals surface area contributed by atoms with E-state index in [0.717, 1.165) is 5.56 Å². The predicted molar refractivity (Wildman–Crippen MR) is 100 cm³/mol. The van der Waals surface area contributed by atoms with Crippen LogP contribution in [0.4, 0.5) is 4.79 Å². The van der Waals surface area contributed by atoms with Crippen LogP contribution in [0, 0.1) is 6.92 Å². The second-order valence-corrected chi connectivity index (χ2v) is 8.08. The molecule has 27 heavy (non-hydrogen) atoms. The van der Waals surface area contributed by atoms with Crippen molar-refractivity contribution in [1.29, 1.82) is 0 Å². The van der Waals surface area contributed by atoms with Crippen molar-refractivity contribution in [3.05, 3.63) is 84.3 Å². The van der Waals surface area contributed by atoms with Gasteiger partial charge < -0.3 is 14.5 Å². The molecule has 1 amide bonds. The molecule has 1 atom stereocenters. The molecule has 0 radical (unpaired) electrons. The van der Waals surface area contributed by atoms with Crippen molar-refractivity contribution in [1.82, 2.24) is 5.32 Å². The number of sulfone groups is 1. The van der Waals surface area contributed by atoms with Crippen LogP contribution in [0.25, 0.3) is 0 Å². The fourth-order valence-corrected chi connectivity index (χ4v) is 4.12. The summed E-state index contributed by atoms with van der Waals surface area (Å²) in [4.78, 5) is 12.2. The van der Waals surface area contributed by atoms with Crippen molar-refractivity contribution in [2.75, 3.05) is 6.54 Å². The molecule has 0 aliphatic carbocycles. The summed E-state index contributed by atoms with van der Waals surface area (Å²) in [5, 5.41) is 1.44. The fourth-order valence-electron chi connectivity index (χ4n) is 2.54. The Morgan fingerprint density at radius 1 is 1.04 bits per heavy atom. The summed E-state index contributed by atoms with van der Waals surface area (Å²) >= 11 is 0. The Labute approximate surface area is 157 Å².